The zero-order valence-electron chi connectivity index (χ0n) is 11.1. The first-order valence-electron chi connectivity index (χ1n) is 6.18. The number of carbonyl (C=O) groups excluding carboxylic acids is 1. The van der Waals surface area contributed by atoms with Gasteiger partial charge in [0, 0.05) is 31.1 Å². The highest BCUT2D eigenvalue weighted by molar-refractivity contribution is 5.78. The quantitative estimate of drug-likeness (QED) is 0.845. The molecular weight excluding hydrogens is 214 g/mol. The van der Waals surface area contributed by atoms with Crippen molar-refractivity contribution in [2.24, 2.45) is 7.05 Å². The van der Waals surface area contributed by atoms with E-state index >= 15 is 0 Å². The number of amides is 1. The second-order valence-corrected chi connectivity index (χ2v) is 5.93. The van der Waals surface area contributed by atoms with Crippen LogP contribution < -0.4 is 5.32 Å². The molecule has 1 N–H and O–H groups in total. The number of nitrogens with zero attached hydrogens (tertiary/aromatic N) is 2. The van der Waals surface area contributed by atoms with Gasteiger partial charge in [0.15, 0.2) is 0 Å². The third kappa shape index (κ3) is 2.68. The fourth-order valence-electron chi connectivity index (χ4n) is 2.41. The van der Waals surface area contributed by atoms with E-state index in [1.807, 2.05) is 11.7 Å². The molecule has 1 fully saturated rings. The molecule has 2 rings (SSSR count). The summed E-state index contributed by atoms with van der Waals surface area (Å²) in [7, 11) is 1.95. The molecule has 0 spiro atoms. The molecule has 1 aliphatic heterocycles. The van der Waals surface area contributed by atoms with Gasteiger partial charge in [0.25, 0.3) is 0 Å². The number of hydrogen-bond acceptors (Lipinski definition) is 2. The molecular formula is C13H21N3O. The van der Waals surface area contributed by atoms with E-state index in [-0.39, 0.29) is 17.4 Å². The van der Waals surface area contributed by atoms with Crippen LogP contribution in [0, 0.1) is 0 Å². The Balaban J connectivity index is 2.18. The maximum atomic E-state index is 11.2. The zero-order valence-corrected chi connectivity index (χ0v) is 11.1. The molecule has 0 aliphatic carbocycles. The van der Waals surface area contributed by atoms with Crippen LogP contribution in [0.1, 0.15) is 44.9 Å². The molecule has 0 radical (unpaired) electrons. The van der Waals surface area contributed by atoms with E-state index in [0.717, 1.165) is 18.5 Å². The van der Waals surface area contributed by atoms with Crippen molar-refractivity contribution in [3.8, 4) is 0 Å². The lowest BCUT2D eigenvalue weighted by molar-refractivity contribution is -0.119. The van der Waals surface area contributed by atoms with Crippen molar-refractivity contribution in [2.75, 3.05) is 0 Å². The summed E-state index contributed by atoms with van der Waals surface area (Å²) in [4.78, 5) is 11.2. The minimum absolute atomic E-state index is 0.0548. The Bertz CT molecular complexity index is 428. The highest BCUT2D eigenvalue weighted by Crippen LogP contribution is 2.26. The van der Waals surface area contributed by atoms with Crippen LogP contribution in [0.25, 0.3) is 0 Å². The fraction of sp³-hybridized carbons (Fsp3) is 0.692. The fourth-order valence-corrected chi connectivity index (χ4v) is 2.41. The maximum absolute atomic E-state index is 11.2. The largest absolute Gasteiger partial charge is 0.353 e. The summed E-state index contributed by atoms with van der Waals surface area (Å²) in [5.74, 6) is 0.177. The summed E-state index contributed by atoms with van der Waals surface area (Å²) in [6.07, 6.45) is 4.57. The molecule has 1 atom stereocenters. The van der Waals surface area contributed by atoms with Gasteiger partial charge in [-0.3, -0.25) is 9.48 Å². The lowest BCUT2D eigenvalue weighted by Crippen LogP contribution is -2.28. The number of rotatable bonds is 2. The Morgan fingerprint density at radius 2 is 2.24 bits per heavy atom. The summed E-state index contributed by atoms with van der Waals surface area (Å²) in [6, 6.07) is 0.285. The van der Waals surface area contributed by atoms with Gasteiger partial charge in [-0.05, 0) is 18.4 Å². The van der Waals surface area contributed by atoms with Crippen LogP contribution in [-0.2, 0) is 23.7 Å². The standard InChI is InChI=1S/C13H21N3O/c1-13(2,3)12-9(8-16(4)15-12)7-10-5-6-11(17)14-10/h8,10H,5-7H2,1-4H3,(H,14,17). The van der Waals surface area contributed by atoms with E-state index in [0.29, 0.717) is 6.42 Å². The van der Waals surface area contributed by atoms with Gasteiger partial charge < -0.3 is 5.32 Å². The highest BCUT2D eigenvalue weighted by Gasteiger charge is 2.26. The Morgan fingerprint density at radius 3 is 2.76 bits per heavy atom. The van der Waals surface area contributed by atoms with Crippen LogP contribution in [0.4, 0.5) is 0 Å². The van der Waals surface area contributed by atoms with E-state index in [2.05, 4.69) is 37.4 Å². The molecule has 4 heteroatoms. The van der Waals surface area contributed by atoms with E-state index in [4.69, 9.17) is 0 Å². The summed E-state index contributed by atoms with van der Waals surface area (Å²) in [6.45, 7) is 6.52. The highest BCUT2D eigenvalue weighted by atomic mass is 16.1. The van der Waals surface area contributed by atoms with Crippen molar-refractivity contribution in [3.05, 3.63) is 17.5 Å². The van der Waals surface area contributed by atoms with Crippen molar-refractivity contribution in [2.45, 2.75) is 51.5 Å². The number of nitrogens with one attached hydrogen (secondary N) is 1. The van der Waals surface area contributed by atoms with Crippen LogP contribution in [0.3, 0.4) is 0 Å². The average Bonchev–Trinajstić information content (AvgIpc) is 2.72. The topological polar surface area (TPSA) is 46.9 Å². The first kappa shape index (κ1) is 12.1. The number of aromatic nitrogens is 2. The SMILES string of the molecule is Cn1cc(CC2CCC(=O)N2)c(C(C)(C)C)n1. The molecule has 1 amide bonds. The Hall–Kier alpha value is -1.32. The third-order valence-corrected chi connectivity index (χ3v) is 3.17. The third-order valence-electron chi connectivity index (χ3n) is 3.17. The lowest BCUT2D eigenvalue weighted by Gasteiger charge is -2.18. The Kier molecular flexibility index (Phi) is 2.98. The lowest BCUT2D eigenvalue weighted by atomic mass is 9.88. The second-order valence-electron chi connectivity index (χ2n) is 5.93. The minimum atomic E-state index is 0.0548. The molecule has 1 unspecified atom stereocenters. The average molecular weight is 235 g/mol. The van der Waals surface area contributed by atoms with Gasteiger partial charge in [-0.25, -0.2) is 0 Å². The summed E-state index contributed by atoms with van der Waals surface area (Å²) < 4.78 is 1.87. The molecule has 17 heavy (non-hydrogen) atoms. The van der Waals surface area contributed by atoms with E-state index in [1.165, 1.54) is 5.56 Å². The van der Waals surface area contributed by atoms with Crippen LogP contribution in [0.15, 0.2) is 6.20 Å². The van der Waals surface area contributed by atoms with Crippen LogP contribution >= 0.6 is 0 Å². The summed E-state index contributed by atoms with van der Waals surface area (Å²) in [5, 5.41) is 7.56. The summed E-state index contributed by atoms with van der Waals surface area (Å²) >= 11 is 0. The number of carbonyl (C=O) groups is 1. The molecule has 1 saturated heterocycles. The molecule has 0 aromatic carbocycles. The van der Waals surface area contributed by atoms with Gasteiger partial charge in [0.2, 0.25) is 5.91 Å². The van der Waals surface area contributed by atoms with Crippen molar-refractivity contribution in [1.82, 2.24) is 15.1 Å². The predicted octanol–water partition coefficient (Wildman–Crippen LogP) is 1.54. The molecule has 4 nitrogen and oxygen atoms in total. The van der Waals surface area contributed by atoms with Crippen molar-refractivity contribution >= 4 is 5.91 Å². The van der Waals surface area contributed by atoms with Gasteiger partial charge in [-0.15, -0.1) is 0 Å². The number of aryl methyl sites for hydroxylation is 1. The van der Waals surface area contributed by atoms with Gasteiger partial charge in [-0.1, -0.05) is 20.8 Å². The predicted molar refractivity (Wildman–Crippen MR) is 66.8 cm³/mol. The Labute approximate surface area is 102 Å². The van der Waals surface area contributed by atoms with Crippen molar-refractivity contribution < 1.29 is 4.79 Å². The van der Waals surface area contributed by atoms with E-state index in [1.54, 1.807) is 0 Å². The first-order chi connectivity index (χ1) is 7.86. The Morgan fingerprint density at radius 1 is 1.53 bits per heavy atom. The van der Waals surface area contributed by atoms with Gasteiger partial charge in [0.05, 0.1) is 5.69 Å². The molecule has 0 bridgehead atoms. The van der Waals surface area contributed by atoms with E-state index < -0.39 is 0 Å². The second kappa shape index (κ2) is 4.17. The normalized spacial score (nSPS) is 20.7. The van der Waals surface area contributed by atoms with Gasteiger partial charge >= 0.3 is 0 Å². The molecule has 1 aliphatic rings. The molecule has 2 heterocycles. The maximum Gasteiger partial charge on any atom is 0.220 e. The molecule has 0 saturated carbocycles. The first-order valence-corrected chi connectivity index (χ1v) is 6.18. The number of hydrogen-bond donors (Lipinski definition) is 1. The van der Waals surface area contributed by atoms with E-state index in [9.17, 15) is 4.79 Å². The van der Waals surface area contributed by atoms with Crippen LogP contribution in [-0.4, -0.2) is 21.7 Å². The van der Waals surface area contributed by atoms with Gasteiger partial charge in [0.1, 0.15) is 0 Å². The minimum Gasteiger partial charge on any atom is -0.353 e. The van der Waals surface area contributed by atoms with Crippen LogP contribution in [0.5, 0.6) is 0 Å². The van der Waals surface area contributed by atoms with Crippen LogP contribution in [0.2, 0.25) is 0 Å². The smallest absolute Gasteiger partial charge is 0.220 e. The molecule has 1 aromatic heterocycles. The molecule has 94 valence electrons. The molecule has 1 aromatic rings. The summed E-state index contributed by atoms with van der Waals surface area (Å²) in [5.41, 5.74) is 2.45. The van der Waals surface area contributed by atoms with Crippen molar-refractivity contribution in [3.63, 3.8) is 0 Å². The zero-order chi connectivity index (χ0) is 12.6. The van der Waals surface area contributed by atoms with Crippen molar-refractivity contribution in [1.29, 1.82) is 0 Å². The monoisotopic (exact) mass is 235 g/mol. The van der Waals surface area contributed by atoms with Gasteiger partial charge in [-0.2, -0.15) is 5.10 Å².